The van der Waals surface area contributed by atoms with Crippen molar-refractivity contribution < 1.29 is 14.3 Å². The van der Waals surface area contributed by atoms with E-state index in [0.29, 0.717) is 13.2 Å². The highest BCUT2D eigenvalue weighted by molar-refractivity contribution is 5.77. The van der Waals surface area contributed by atoms with Crippen LogP contribution in [0.15, 0.2) is 0 Å². The van der Waals surface area contributed by atoms with Gasteiger partial charge in [0.1, 0.15) is 6.61 Å². The Morgan fingerprint density at radius 3 is 2.88 bits per heavy atom. The number of hydrogen-bond donors (Lipinski definition) is 2. The van der Waals surface area contributed by atoms with E-state index in [1.54, 1.807) is 0 Å². The summed E-state index contributed by atoms with van der Waals surface area (Å²) >= 11 is 0. The molecule has 1 amide bonds. The largest absolute Gasteiger partial charge is 0.378 e. The van der Waals surface area contributed by atoms with E-state index in [1.165, 1.54) is 0 Å². The Labute approximate surface area is 96.9 Å². The maximum absolute atomic E-state index is 11.4. The first-order chi connectivity index (χ1) is 7.47. The molecule has 0 bridgehead atoms. The van der Waals surface area contributed by atoms with Gasteiger partial charge in [0.25, 0.3) is 0 Å². The first-order valence-electron chi connectivity index (χ1n) is 5.69. The van der Waals surface area contributed by atoms with Crippen LogP contribution in [0.25, 0.3) is 0 Å². The lowest BCUT2D eigenvalue weighted by atomic mass is 10.2. The van der Waals surface area contributed by atoms with Crippen LogP contribution >= 0.6 is 0 Å². The van der Waals surface area contributed by atoms with Crippen molar-refractivity contribution in [3.05, 3.63) is 0 Å². The molecule has 1 saturated heterocycles. The highest BCUT2D eigenvalue weighted by Gasteiger charge is 2.15. The van der Waals surface area contributed by atoms with E-state index in [-0.39, 0.29) is 24.2 Å². The summed E-state index contributed by atoms with van der Waals surface area (Å²) in [6.45, 7) is 8.73. The molecule has 16 heavy (non-hydrogen) atoms. The Morgan fingerprint density at radius 1 is 1.56 bits per heavy atom. The van der Waals surface area contributed by atoms with Gasteiger partial charge >= 0.3 is 0 Å². The zero-order valence-electron chi connectivity index (χ0n) is 10.3. The maximum atomic E-state index is 11.4. The van der Waals surface area contributed by atoms with E-state index in [4.69, 9.17) is 9.47 Å². The molecule has 1 heterocycles. The molecule has 0 aliphatic carbocycles. The molecule has 5 nitrogen and oxygen atoms in total. The van der Waals surface area contributed by atoms with Crippen molar-refractivity contribution in [1.29, 1.82) is 0 Å². The lowest BCUT2D eigenvalue weighted by Crippen LogP contribution is -2.49. The molecule has 0 radical (unpaired) electrons. The van der Waals surface area contributed by atoms with Crippen LogP contribution in [0, 0.1) is 0 Å². The molecule has 0 saturated carbocycles. The van der Waals surface area contributed by atoms with Crippen LogP contribution in [-0.4, -0.2) is 50.5 Å². The molecular weight excluding hydrogens is 208 g/mol. The van der Waals surface area contributed by atoms with Crippen LogP contribution < -0.4 is 10.6 Å². The van der Waals surface area contributed by atoms with Crippen molar-refractivity contribution in [1.82, 2.24) is 10.6 Å². The van der Waals surface area contributed by atoms with Gasteiger partial charge in [-0.05, 0) is 20.8 Å². The Bertz CT molecular complexity index is 220. The van der Waals surface area contributed by atoms with E-state index in [9.17, 15) is 4.79 Å². The number of carbonyl (C=O) groups is 1. The summed E-state index contributed by atoms with van der Waals surface area (Å²) in [5, 5.41) is 6.08. The van der Waals surface area contributed by atoms with Gasteiger partial charge in [-0.25, -0.2) is 0 Å². The molecule has 5 heteroatoms. The van der Waals surface area contributed by atoms with Crippen molar-refractivity contribution >= 4 is 5.91 Å². The fraction of sp³-hybridized carbons (Fsp3) is 0.909. The van der Waals surface area contributed by atoms with Gasteiger partial charge in [-0.3, -0.25) is 4.79 Å². The maximum Gasteiger partial charge on any atom is 0.246 e. The molecule has 0 aromatic carbocycles. The Balaban J connectivity index is 2.09. The lowest BCUT2D eigenvalue weighted by Gasteiger charge is -2.24. The minimum atomic E-state index is -0.274. The molecular formula is C11H22N2O3. The third-order valence-corrected chi connectivity index (χ3v) is 2.18. The normalized spacial score (nSPS) is 21.8. The first-order valence-corrected chi connectivity index (χ1v) is 5.69. The first kappa shape index (κ1) is 13.4. The molecule has 94 valence electrons. The topological polar surface area (TPSA) is 59.6 Å². The Morgan fingerprint density at radius 2 is 2.31 bits per heavy atom. The van der Waals surface area contributed by atoms with Crippen molar-refractivity contribution in [3.63, 3.8) is 0 Å². The van der Waals surface area contributed by atoms with E-state index in [0.717, 1.165) is 13.2 Å². The fourth-order valence-corrected chi connectivity index (χ4v) is 1.32. The van der Waals surface area contributed by atoms with Crippen LogP contribution in [0.2, 0.25) is 0 Å². The van der Waals surface area contributed by atoms with E-state index in [2.05, 4.69) is 10.6 Å². The van der Waals surface area contributed by atoms with Crippen LogP contribution in [0.5, 0.6) is 0 Å². The summed E-state index contributed by atoms with van der Waals surface area (Å²) < 4.78 is 10.7. The number of carbonyl (C=O) groups excluding carboxylic acids is 1. The molecule has 2 N–H and O–H groups in total. The summed E-state index contributed by atoms with van der Waals surface area (Å²) in [4.78, 5) is 11.4. The molecule has 1 rings (SSSR count). The van der Waals surface area contributed by atoms with Gasteiger partial charge in [0.2, 0.25) is 5.91 Å². The zero-order chi connectivity index (χ0) is 12.0. The number of rotatable bonds is 4. The smallest absolute Gasteiger partial charge is 0.246 e. The standard InChI is InChI=1S/C11H22N2O3/c1-11(2,3)16-8-10(14)13-6-9-7-15-5-4-12-9/h9,12H,4-8H2,1-3H3,(H,13,14). The Hall–Kier alpha value is -0.650. The highest BCUT2D eigenvalue weighted by Crippen LogP contribution is 2.05. The second-order valence-electron chi connectivity index (χ2n) is 4.93. The monoisotopic (exact) mass is 230 g/mol. The quantitative estimate of drug-likeness (QED) is 0.708. The van der Waals surface area contributed by atoms with E-state index < -0.39 is 0 Å². The molecule has 1 unspecified atom stereocenters. The SMILES string of the molecule is CC(C)(C)OCC(=O)NCC1COCCN1. The average molecular weight is 230 g/mol. The average Bonchev–Trinajstić information content (AvgIpc) is 2.24. The lowest BCUT2D eigenvalue weighted by molar-refractivity contribution is -0.130. The molecule has 1 fully saturated rings. The Kier molecular flexibility index (Phi) is 5.18. The zero-order valence-corrected chi connectivity index (χ0v) is 10.3. The van der Waals surface area contributed by atoms with Crippen LogP contribution in [0.4, 0.5) is 0 Å². The molecule has 1 aliphatic rings. The number of morpholine rings is 1. The molecule has 0 spiro atoms. The molecule has 1 aliphatic heterocycles. The summed E-state index contributed by atoms with van der Waals surface area (Å²) in [6, 6.07) is 0.215. The summed E-state index contributed by atoms with van der Waals surface area (Å²) in [5.74, 6) is -0.0812. The molecule has 1 atom stereocenters. The van der Waals surface area contributed by atoms with Gasteiger partial charge in [-0.1, -0.05) is 0 Å². The number of nitrogens with one attached hydrogen (secondary N) is 2. The number of amides is 1. The van der Waals surface area contributed by atoms with Crippen LogP contribution in [0.1, 0.15) is 20.8 Å². The minimum Gasteiger partial charge on any atom is -0.378 e. The van der Waals surface area contributed by atoms with Crippen molar-refractivity contribution in [2.24, 2.45) is 0 Å². The van der Waals surface area contributed by atoms with Gasteiger partial charge in [0.15, 0.2) is 0 Å². The third kappa shape index (κ3) is 6.05. The highest BCUT2D eigenvalue weighted by atomic mass is 16.5. The van der Waals surface area contributed by atoms with E-state index in [1.807, 2.05) is 20.8 Å². The van der Waals surface area contributed by atoms with Gasteiger partial charge in [-0.15, -0.1) is 0 Å². The van der Waals surface area contributed by atoms with Gasteiger partial charge in [-0.2, -0.15) is 0 Å². The van der Waals surface area contributed by atoms with Crippen molar-refractivity contribution in [2.75, 3.05) is 32.9 Å². The molecule has 0 aromatic rings. The predicted octanol–water partition coefficient (Wildman–Crippen LogP) is -0.0939. The second-order valence-corrected chi connectivity index (χ2v) is 4.93. The summed E-state index contributed by atoms with van der Waals surface area (Å²) in [7, 11) is 0. The van der Waals surface area contributed by atoms with Crippen molar-refractivity contribution in [2.45, 2.75) is 32.4 Å². The number of ether oxygens (including phenoxy) is 2. The third-order valence-electron chi connectivity index (χ3n) is 2.18. The van der Waals surface area contributed by atoms with Crippen LogP contribution in [-0.2, 0) is 14.3 Å². The fourth-order valence-electron chi connectivity index (χ4n) is 1.32. The molecule has 0 aromatic heterocycles. The number of hydrogen-bond acceptors (Lipinski definition) is 4. The van der Waals surface area contributed by atoms with Crippen molar-refractivity contribution in [3.8, 4) is 0 Å². The summed E-state index contributed by atoms with van der Waals surface area (Å²) in [6.07, 6.45) is 0. The second kappa shape index (κ2) is 6.18. The van der Waals surface area contributed by atoms with Gasteiger partial charge in [0, 0.05) is 19.1 Å². The minimum absolute atomic E-state index is 0.0812. The predicted molar refractivity (Wildman–Crippen MR) is 61.3 cm³/mol. The van der Waals surface area contributed by atoms with Gasteiger partial charge < -0.3 is 20.1 Å². The van der Waals surface area contributed by atoms with Gasteiger partial charge in [0.05, 0.1) is 18.8 Å². The van der Waals surface area contributed by atoms with E-state index >= 15 is 0 Å². The van der Waals surface area contributed by atoms with Crippen LogP contribution in [0.3, 0.4) is 0 Å². The summed E-state index contributed by atoms with van der Waals surface area (Å²) in [5.41, 5.74) is -0.274.